The second kappa shape index (κ2) is 8.18. The molecule has 5 rings (SSSR count). The fourth-order valence-electron chi connectivity index (χ4n) is 4.59. The van der Waals surface area contributed by atoms with E-state index in [2.05, 4.69) is 20.3 Å². The number of benzene rings is 1. The summed E-state index contributed by atoms with van der Waals surface area (Å²) in [5, 5.41) is 7.86. The van der Waals surface area contributed by atoms with Gasteiger partial charge in [0.2, 0.25) is 0 Å². The number of piperidine rings is 1. The van der Waals surface area contributed by atoms with Crippen molar-refractivity contribution in [2.45, 2.75) is 51.1 Å². The molecule has 0 spiro atoms. The van der Waals surface area contributed by atoms with Crippen LogP contribution >= 0.6 is 0 Å². The van der Waals surface area contributed by atoms with E-state index in [0.717, 1.165) is 56.5 Å². The number of halogens is 1. The number of hydrogen-bond acceptors (Lipinski definition) is 6. The number of anilines is 1. The van der Waals surface area contributed by atoms with E-state index < -0.39 is 0 Å². The maximum absolute atomic E-state index is 13.4. The van der Waals surface area contributed by atoms with E-state index in [9.17, 15) is 9.18 Å². The van der Waals surface area contributed by atoms with Crippen molar-refractivity contribution in [3.05, 3.63) is 51.7 Å². The number of hydrogen-bond donors (Lipinski definition) is 1. The molecule has 2 aromatic heterocycles. The van der Waals surface area contributed by atoms with Crippen molar-refractivity contribution in [1.29, 1.82) is 0 Å². The van der Waals surface area contributed by atoms with E-state index in [1.807, 2.05) is 0 Å². The minimum Gasteiger partial charge on any atom is -0.424 e. The van der Waals surface area contributed by atoms with E-state index in [4.69, 9.17) is 4.42 Å². The Hall–Kier alpha value is -2.74. The smallest absolute Gasteiger partial charge is 0.295 e. The zero-order chi connectivity index (χ0) is 20.5. The maximum atomic E-state index is 13.4. The number of aryl methyl sites for hydroxylation is 2. The van der Waals surface area contributed by atoms with Gasteiger partial charge >= 0.3 is 0 Å². The highest BCUT2D eigenvalue weighted by Crippen LogP contribution is 2.22. The van der Waals surface area contributed by atoms with E-state index in [1.54, 1.807) is 16.8 Å². The van der Waals surface area contributed by atoms with Gasteiger partial charge in [-0.25, -0.2) is 9.07 Å². The van der Waals surface area contributed by atoms with Gasteiger partial charge in [0, 0.05) is 31.3 Å². The number of oxazole rings is 1. The topological polar surface area (TPSA) is 76.2 Å². The van der Waals surface area contributed by atoms with Crippen LogP contribution in [-0.2, 0) is 19.4 Å². The molecular weight excluding hydrogens is 385 g/mol. The molecule has 1 aliphatic carbocycles. The van der Waals surface area contributed by atoms with Crippen molar-refractivity contribution in [2.75, 3.05) is 25.0 Å². The zero-order valence-electron chi connectivity index (χ0n) is 16.9. The molecule has 1 fully saturated rings. The molecule has 0 bridgehead atoms. The summed E-state index contributed by atoms with van der Waals surface area (Å²) in [5.74, 6) is -0.323. The average Bonchev–Trinajstić information content (AvgIpc) is 3.36. The summed E-state index contributed by atoms with van der Waals surface area (Å²) in [6.07, 6.45) is 6.45. The summed E-state index contributed by atoms with van der Waals surface area (Å²) in [6.45, 7) is 3.09. The van der Waals surface area contributed by atoms with Crippen LogP contribution in [0.2, 0.25) is 0 Å². The summed E-state index contributed by atoms with van der Waals surface area (Å²) in [6, 6.07) is 6.85. The molecule has 158 valence electrons. The van der Waals surface area contributed by atoms with Gasteiger partial charge in [-0.15, -0.1) is 0 Å². The summed E-state index contributed by atoms with van der Waals surface area (Å²) < 4.78 is 20.7. The molecule has 1 unspecified atom stereocenters. The minimum atomic E-state index is -0.323. The number of rotatable bonds is 6. The molecule has 0 saturated carbocycles. The van der Waals surface area contributed by atoms with Crippen LogP contribution in [0.4, 0.5) is 10.4 Å². The predicted molar refractivity (Wildman–Crippen MR) is 112 cm³/mol. The summed E-state index contributed by atoms with van der Waals surface area (Å²) >= 11 is 0. The first-order valence-electron chi connectivity index (χ1n) is 10.8. The first kappa shape index (κ1) is 19.2. The third-order valence-electron chi connectivity index (χ3n) is 6.21. The Labute approximate surface area is 173 Å². The van der Waals surface area contributed by atoms with Gasteiger partial charge in [0.15, 0.2) is 5.58 Å². The van der Waals surface area contributed by atoms with Crippen LogP contribution in [0.15, 0.2) is 33.5 Å². The van der Waals surface area contributed by atoms with Crippen molar-refractivity contribution in [3.63, 3.8) is 0 Å². The quantitative estimate of drug-likeness (QED) is 0.672. The Morgan fingerprint density at radius 2 is 2.10 bits per heavy atom. The SMILES string of the molecule is O=c1cc2c(nn1CCN1CCCCC1CNc1nc3cc(F)ccc3o1)CCC2. The third-order valence-corrected chi connectivity index (χ3v) is 6.21. The van der Waals surface area contributed by atoms with Crippen molar-refractivity contribution >= 4 is 17.1 Å². The van der Waals surface area contributed by atoms with Gasteiger partial charge in [-0.1, -0.05) is 6.42 Å². The van der Waals surface area contributed by atoms with Crippen LogP contribution in [-0.4, -0.2) is 45.3 Å². The standard InChI is InChI=1S/C22H26FN5O2/c23-16-7-8-20-19(13-16)25-22(30-20)24-14-17-5-1-2-9-27(17)10-11-28-21(29)12-15-4-3-6-18(15)26-28/h7-8,12-13,17H,1-6,9-11,14H2,(H,24,25). The molecule has 1 aliphatic heterocycles. The number of nitrogens with zero attached hydrogens (tertiary/aromatic N) is 4. The highest BCUT2D eigenvalue weighted by Gasteiger charge is 2.23. The van der Waals surface area contributed by atoms with Crippen molar-refractivity contribution in [1.82, 2.24) is 19.7 Å². The molecule has 0 amide bonds. The molecule has 1 aromatic carbocycles. The molecule has 7 nitrogen and oxygen atoms in total. The lowest BCUT2D eigenvalue weighted by Gasteiger charge is -2.35. The fourth-order valence-corrected chi connectivity index (χ4v) is 4.59. The van der Waals surface area contributed by atoms with Crippen LogP contribution in [0.3, 0.4) is 0 Å². The Bertz CT molecular complexity index is 1110. The normalized spacial score (nSPS) is 19.3. The molecule has 1 atom stereocenters. The van der Waals surface area contributed by atoms with Gasteiger partial charge in [-0.2, -0.15) is 10.1 Å². The molecular formula is C22H26FN5O2. The molecule has 2 aliphatic rings. The molecule has 1 saturated heterocycles. The van der Waals surface area contributed by atoms with Crippen LogP contribution in [0.25, 0.3) is 11.1 Å². The monoisotopic (exact) mass is 411 g/mol. The number of nitrogens with one attached hydrogen (secondary N) is 1. The number of aromatic nitrogens is 3. The summed E-state index contributed by atoms with van der Waals surface area (Å²) in [4.78, 5) is 19.1. The van der Waals surface area contributed by atoms with Gasteiger partial charge in [-0.05, 0) is 56.3 Å². The van der Waals surface area contributed by atoms with Crippen molar-refractivity contribution < 1.29 is 8.81 Å². The van der Waals surface area contributed by atoms with Gasteiger partial charge in [-0.3, -0.25) is 9.69 Å². The van der Waals surface area contributed by atoms with E-state index in [-0.39, 0.29) is 11.4 Å². The van der Waals surface area contributed by atoms with Crippen LogP contribution in [0.5, 0.6) is 0 Å². The Morgan fingerprint density at radius 3 is 3.03 bits per heavy atom. The third kappa shape index (κ3) is 3.96. The summed E-state index contributed by atoms with van der Waals surface area (Å²) in [5.41, 5.74) is 3.29. The minimum absolute atomic E-state index is 0.000965. The first-order chi connectivity index (χ1) is 14.7. The van der Waals surface area contributed by atoms with Gasteiger partial charge in [0.1, 0.15) is 11.3 Å². The van der Waals surface area contributed by atoms with E-state index in [1.165, 1.54) is 18.6 Å². The Balaban J connectivity index is 1.23. The highest BCUT2D eigenvalue weighted by atomic mass is 19.1. The van der Waals surface area contributed by atoms with Gasteiger partial charge in [0.25, 0.3) is 11.6 Å². The summed E-state index contributed by atoms with van der Waals surface area (Å²) in [7, 11) is 0. The van der Waals surface area contributed by atoms with E-state index >= 15 is 0 Å². The second-order valence-electron chi connectivity index (χ2n) is 8.23. The number of fused-ring (bicyclic) bond motifs is 2. The fraction of sp³-hybridized carbons (Fsp3) is 0.500. The highest BCUT2D eigenvalue weighted by molar-refractivity contribution is 5.74. The van der Waals surface area contributed by atoms with Crippen LogP contribution < -0.4 is 10.9 Å². The van der Waals surface area contributed by atoms with Crippen molar-refractivity contribution in [2.24, 2.45) is 0 Å². The Morgan fingerprint density at radius 1 is 1.17 bits per heavy atom. The zero-order valence-corrected chi connectivity index (χ0v) is 16.9. The lowest BCUT2D eigenvalue weighted by Crippen LogP contribution is -2.45. The molecule has 8 heteroatoms. The maximum Gasteiger partial charge on any atom is 0.295 e. The lowest BCUT2D eigenvalue weighted by molar-refractivity contribution is 0.147. The molecule has 3 aromatic rings. The van der Waals surface area contributed by atoms with Gasteiger partial charge in [0.05, 0.1) is 12.2 Å². The predicted octanol–water partition coefficient (Wildman–Crippen LogP) is 2.98. The van der Waals surface area contributed by atoms with Crippen LogP contribution in [0.1, 0.15) is 36.9 Å². The first-order valence-corrected chi connectivity index (χ1v) is 10.8. The van der Waals surface area contributed by atoms with Crippen molar-refractivity contribution in [3.8, 4) is 0 Å². The second-order valence-corrected chi connectivity index (χ2v) is 8.23. The molecule has 30 heavy (non-hydrogen) atoms. The van der Waals surface area contributed by atoms with Gasteiger partial charge < -0.3 is 9.73 Å². The van der Waals surface area contributed by atoms with Crippen LogP contribution in [0, 0.1) is 5.82 Å². The molecule has 0 radical (unpaired) electrons. The van der Waals surface area contributed by atoms with E-state index in [0.29, 0.717) is 36.2 Å². The lowest BCUT2D eigenvalue weighted by atomic mass is 10.0. The Kier molecular flexibility index (Phi) is 5.25. The molecule has 1 N–H and O–H groups in total. The molecule has 3 heterocycles. The largest absolute Gasteiger partial charge is 0.424 e. The average molecular weight is 411 g/mol. The number of likely N-dealkylation sites (tertiary alicyclic amines) is 1.